The maximum absolute atomic E-state index is 14.0. The summed E-state index contributed by atoms with van der Waals surface area (Å²) in [4.78, 5) is 65.5. The summed E-state index contributed by atoms with van der Waals surface area (Å²) >= 11 is 0. The zero-order valence-electron chi connectivity index (χ0n) is 23.6. The van der Waals surface area contributed by atoms with Gasteiger partial charge in [-0.2, -0.15) is 0 Å². The third-order valence-corrected chi connectivity index (χ3v) is 8.38. The SMILES string of the molecule is CCCC(NC(=O)C1C2C(CN1C(=O)C(NC(=O)OC(C)(C)C)C1CCC(F)(F)CC1)C2(C)C)C(=O)C(N)=O. The molecule has 0 aromatic rings. The molecule has 4 N–H and O–H groups in total. The Hall–Kier alpha value is -2.79. The highest BCUT2D eigenvalue weighted by Gasteiger charge is 2.69. The van der Waals surface area contributed by atoms with Gasteiger partial charge in [0.25, 0.3) is 5.91 Å². The van der Waals surface area contributed by atoms with Gasteiger partial charge in [0.1, 0.15) is 17.7 Å². The highest BCUT2D eigenvalue weighted by molar-refractivity contribution is 6.37. The Balaban J connectivity index is 1.87. The standard InChI is InChI=1S/C27H42F2N4O6/c1-7-8-16(20(34)21(30)35)31-22(36)19-17-15(26(17,5)6)13-33(19)23(37)18(32-24(38)39-25(2,3)4)14-9-11-27(28,29)12-10-14/h14-19H,7-13H2,1-6H3,(H2,30,35)(H,31,36)(H,32,38). The van der Waals surface area contributed by atoms with E-state index in [4.69, 9.17) is 10.5 Å². The fourth-order valence-corrected chi connectivity index (χ4v) is 6.19. The van der Waals surface area contributed by atoms with E-state index in [9.17, 15) is 32.8 Å². The van der Waals surface area contributed by atoms with Gasteiger partial charge >= 0.3 is 6.09 Å². The summed E-state index contributed by atoms with van der Waals surface area (Å²) in [5.74, 6) is -6.81. The van der Waals surface area contributed by atoms with Gasteiger partial charge in [0.2, 0.25) is 23.5 Å². The Morgan fingerprint density at radius 3 is 2.18 bits per heavy atom. The fraction of sp³-hybridized carbons (Fsp3) is 0.815. The summed E-state index contributed by atoms with van der Waals surface area (Å²) in [7, 11) is 0. The number of Topliss-reactive ketones (excluding diaryl/α,β-unsaturated/α-hetero) is 1. The number of nitrogens with two attached hydrogens (primary N) is 1. The van der Waals surface area contributed by atoms with Crippen LogP contribution < -0.4 is 16.4 Å². The van der Waals surface area contributed by atoms with Crippen LogP contribution in [0.1, 0.15) is 80.1 Å². The van der Waals surface area contributed by atoms with Crippen LogP contribution in [0.25, 0.3) is 0 Å². The number of hydrogen-bond acceptors (Lipinski definition) is 6. The van der Waals surface area contributed by atoms with Gasteiger partial charge in [0, 0.05) is 19.4 Å². The number of rotatable bonds is 9. The summed E-state index contributed by atoms with van der Waals surface area (Å²) in [5, 5.41) is 5.23. The first-order valence-electron chi connectivity index (χ1n) is 13.7. The van der Waals surface area contributed by atoms with Crippen LogP contribution in [-0.4, -0.2) is 70.7 Å². The molecule has 5 atom stereocenters. The van der Waals surface area contributed by atoms with Crippen LogP contribution in [0.3, 0.4) is 0 Å². The number of ether oxygens (including phenoxy) is 1. The third-order valence-electron chi connectivity index (χ3n) is 8.38. The van der Waals surface area contributed by atoms with Crippen LogP contribution in [0, 0.1) is 23.2 Å². The average Bonchev–Trinajstić information content (AvgIpc) is 3.14. The van der Waals surface area contributed by atoms with Crippen molar-refractivity contribution in [3.63, 3.8) is 0 Å². The Labute approximate surface area is 228 Å². The predicted octanol–water partition coefficient (Wildman–Crippen LogP) is 2.53. The Morgan fingerprint density at radius 1 is 1.08 bits per heavy atom. The highest BCUT2D eigenvalue weighted by atomic mass is 19.3. The van der Waals surface area contributed by atoms with E-state index in [1.807, 2.05) is 13.8 Å². The number of hydrogen-bond donors (Lipinski definition) is 3. The minimum Gasteiger partial charge on any atom is -0.444 e. The van der Waals surface area contributed by atoms with E-state index in [-0.39, 0.29) is 43.1 Å². The van der Waals surface area contributed by atoms with Gasteiger partial charge in [-0.3, -0.25) is 19.2 Å². The second-order valence-corrected chi connectivity index (χ2v) is 12.8. The van der Waals surface area contributed by atoms with Crippen LogP contribution in [0.15, 0.2) is 0 Å². The maximum atomic E-state index is 14.0. The second-order valence-electron chi connectivity index (χ2n) is 12.8. The molecule has 0 radical (unpaired) electrons. The van der Waals surface area contributed by atoms with Crippen molar-refractivity contribution in [2.24, 2.45) is 28.9 Å². The monoisotopic (exact) mass is 556 g/mol. The molecule has 4 amide bonds. The van der Waals surface area contributed by atoms with E-state index in [0.717, 1.165) is 0 Å². The molecule has 0 spiro atoms. The lowest BCUT2D eigenvalue weighted by atomic mass is 9.81. The molecule has 2 saturated carbocycles. The Kier molecular flexibility index (Phi) is 8.67. The van der Waals surface area contributed by atoms with Crippen molar-refractivity contribution in [2.75, 3.05) is 6.54 Å². The molecule has 10 nitrogen and oxygen atoms in total. The number of piperidine rings is 1. The van der Waals surface area contributed by atoms with Crippen LogP contribution in [-0.2, 0) is 23.9 Å². The number of carbonyl (C=O) groups is 5. The van der Waals surface area contributed by atoms with Crippen molar-refractivity contribution in [3.05, 3.63) is 0 Å². The minimum atomic E-state index is -2.83. The molecule has 1 heterocycles. The van der Waals surface area contributed by atoms with Crippen LogP contribution in [0.5, 0.6) is 0 Å². The molecule has 0 aromatic heterocycles. The largest absolute Gasteiger partial charge is 0.444 e. The third kappa shape index (κ3) is 6.87. The van der Waals surface area contributed by atoms with E-state index >= 15 is 0 Å². The van der Waals surface area contributed by atoms with E-state index in [1.165, 1.54) is 4.90 Å². The summed E-state index contributed by atoms with van der Waals surface area (Å²) in [6.45, 7) is 11.0. The normalized spacial score (nSPS) is 27.1. The van der Waals surface area contributed by atoms with E-state index in [0.29, 0.717) is 6.42 Å². The summed E-state index contributed by atoms with van der Waals surface area (Å²) in [5.41, 5.74) is 4.08. The van der Waals surface area contributed by atoms with Crippen LogP contribution >= 0.6 is 0 Å². The summed E-state index contributed by atoms with van der Waals surface area (Å²) in [6.07, 6.45) is -0.921. The molecular weight excluding hydrogens is 514 g/mol. The first-order chi connectivity index (χ1) is 17.9. The molecule has 0 aromatic carbocycles. The van der Waals surface area contributed by atoms with Gasteiger partial charge in [0.05, 0.1) is 6.04 Å². The van der Waals surface area contributed by atoms with Crippen LogP contribution in [0.2, 0.25) is 0 Å². The molecule has 12 heteroatoms. The van der Waals surface area contributed by atoms with Crippen molar-refractivity contribution < 1.29 is 37.5 Å². The van der Waals surface area contributed by atoms with Gasteiger partial charge < -0.3 is 26.0 Å². The van der Waals surface area contributed by atoms with E-state index in [1.54, 1.807) is 27.7 Å². The van der Waals surface area contributed by atoms with Crippen molar-refractivity contribution in [2.45, 2.75) is 110 Å². The predicted molar refractivity (Wildman–Crippen MR) is 137 cm³/mol. The van der Waals surface area contributed by atoms with Crippen molar-refractivity contribution in [1.82, 2.24) is 15.5 Å². The molecule has 39 heavy (non-hydrogen) atoms. The van der Waals surface area contributed by atoms with Gasteiger partial charge in [-0.1, -0.05) is 27.2 Å². The maximum Gasteiger partial charge on any atom is 0.408 e. The molecule has 3 fully saturated rings. The van der Waals surface area contributed by atoms with Crippen molar-refractivity contribution >= 4 is 29.6 Å². The number of primary amides is 1. The quantitative estimate of drug-likeness (QED) is 0.372. The molecule has 220 valence electrons. The summed E-state index contributed by atoms with van der Waals surface area (Å²) in [6, 6.07) is -3.23. The fourth-order valence-electron chi connectivity index (χ4n) is 6.19. The number of carbonyl (C=O) groups excluding carboxylic acids is 5. The lowest BCUT2D eigenvalue weighted by Crippen LogP contribution is -2.60. The van der Waals surface area contributed by atoms with Gasteiger partial charge in [-0.05, 0) is 63.2 Å². The molecule has 1 saturated heterocycles. The molecule has 5 unspecified atom stereocenters. The number of fused-ring (bicyclic) bond motifs is 1. The zero-order valence-corrected chi connectivity index (χ0v) is 23.6. The number of ketones is 1. The molecule has 3 aliphatic rings. The number of nitrogens with zero attached hydrogens (tertiary/aromatic N) is 1. The molecule has 1 aliphatic heterocycles. The minimum absolute atomic E-state index is 0.00605. The van der Waals surface area contributed by atoms with Gasteiger partial charge in [0.15, 0.2) is 0 Å². The van der Waals surface area contributed by atoms with E-state index < -0.39 is 78.0 Å². The van der Waals surface area contributed by atoms with E-state index in [2.05, 4.69) is 10.6 Å². The van der Waals surface area contributed by atoms with Crippen molar-refractivity contribution in [1.29, 1.82) is 0 Å². The smallest absolute Gasteiger partial charge is 0.408 e. The highest BCUT2D eigenvalue weighted by Crippen LogP contribution is 2.65. The zero-order chi connectivity index (χ0) is 29.5. The first-order valence-corrected chi connectivity index (χ1v) is 13.7. The number of alkyl halides is 2. The van der Waals surface area contributed by atoms with Crippen LogP contribution in [0.4, 0.5) is 13.6 Å². The number of likely N-dealkylation sites (tertiary alicyclic amines) is 1. The number of amides is 4. The number of halogens is 2. The molecular formula is C27H42F2N4O6. The van der Waals surface area contributed by atoms with Gasteiger partial charge in [-0.25, -0.2) is 13.6 Å². The summed E-state index contributed by atoms with van der Waals surface area (Å²) < 4.78 is 33.2. The van der Waals surface area contributed by atoms with Crippen molar-refractivity contribution in [3.8, 4) is 0 Å². The first kappa shape index (κ1) is 30.7. The Morgan fingerprint density at radius 2 is 1.67 bits per heavy atom. The number of nitrogens with one attached hydrogen (secondary N) is 2. The van der Waals surface area contributed by atoms with Gasteiger partial charge in [-0.15, -0.1) is 0 Å². The average molecular weight is 557 g/mol. The molecule has 0 bridgehead atoms. The second kappa shape index (κ2) is 11.0. The topological polar surface area (TPSA) is 148 Å². The number of alkyl carbamates (subject to hydrolysis) is 1. The molecule has 3 rings (SSSR count). The lowest BCUT2D eigenvalue weighted by Gasteiger charge is -2.38. The Bertz CT molecular complexity index is 1000. The lowest BCUT2D eigenvalue weighted by molar-refractivity contribution is -0.145. The molecule has 2 aliphatic carbocycles.